The maximum Gasteiger partial charge on any atom is 0.125 e. The highest BCUT2D eigenvalue weighted by Crippen LogP contribution is 2.30. The Labute approximate surface area is 99.9 Å². The molecule has 3 nitrogen and oxygen atoms in total. The molecule has 4 heteroatoms. The molecule has 2 N–H and O–H groups in total. The molecule has 0 aliphatic heterocycles. The molecule has 0 atom stereocenters. The Balaban J connectivity index is 2.31. The average Bonchev–Trinajstić information content (AvgIpc) is 2.72. The lowest BCUT2D eigenvalue weighted by Gasteiger charge is -2.03. The van der Waals surface area contributed by atoms with Crippen LogP contribution in [0.15, 0.2) is 18.3 Å². The molecule has 0 saturated carbocycles. The molecule has 86 valence electrons. The zero-order valence-corrected chi connectivity index (χ0v) is 10.7. The number of nitrogens with two attached hydrogens (primary N) is 1. The van der Waals surface area contributed by atoms with E-state index in [-0.39, 0.29) is 0 Å². The molecule has 0 radical (unpaired) electrons. The number of nitrogens with zero attached hydrogens (tertiary/aromatic N) is 2. The van der Waals surface area contributed by atoms with E-state index in [1.165, 1.54) is 4.88 Å². The van der Waals surface area contributed by atoms with Crippen LogP contribution in [0.1, 0.15) is 18.7 Å². The fraction of sp³-hybridized carbons (Fsp3) is 0.417. The molecule has 0 unspecified atom stereocenters. The number of aromatic nitrogens is 2. The van der Waals surface area contributed by atoms with Gasteiger partial charge in [0.25, 0.3) is 0 Å². The van der Waals surface area contributed by atoms with E-state index in [9.17, 15) is 0 Å². The zero-order valence-electron chi connectivity index (χ0n) is 9.90. The van der Waals surface area contributed by atoms with E-state index in [1.54, 1.807) is 11.3 Å². The summed E-state index contributed by atoms with van der Waals surface area (Å²) in [5, 5.41) is 4.54. The normalized spacial score (nSPS) is 11.2. The Morgan fingerprint density at radius 3 is 2.75 bits per heavy atom. The van der Waals surface area contributed by atoms with E-state index in [0.717, 1.165) is 22.8 Å². The van der Waals surface area contributed by atoms with Gasteiger partial charge >= 0.3 is 0 Å². The summed E-state index contributed by atoms with van der Waals surface area (Å²) in [6, 6.07) is 4.18. The molecule has 0 aliphatic carbocycles. The molecule has 0 aliphatic rings. The van der Waals surface area contributed by atoms with Crippen LogP contribution in [0.25, 0.3) is 10.6 Å². The van der Waals surface area contributed by atoms with Crippen molar-refractivity contribution < 1.29 is 0 Å². The lowest BCUT2D eigenvalue weighted by molar-refractivity contribution is 0.484. The summed E-state index contributed by atoms with van der Waals surface area (Å²) in [5.74, 6) is 0.581. The summed E-state index contributed by atoms with van der Waals surface area (Å²) >= 11 is 1.73. The summed E-state index contributed by atoms with van der Waals surface area (Å²) in [4.78, 5) is 2.44. The van der Waals surface area contributed by atoms with Crippen molar-refractivity contribution in [3.05, 3.63) is 23.2 Å². The number of hydrogen-bond acceptors (Lipinski definition) is 3. The minimum Gasteiger partial charge on any atom is -0.396 e. The van der Waals surface area contributed by atoms with Gasteiger partial charge in [0.15, 0.2) is 0 Å². The second-order valence-corrected chi connectivity index (χ2v) is 5.75. The van der Waals surface area contributed by atoms with Crippen LogP contribution in [0, 0.1) is 12.8 Å². The highest BCUT2D eigenvalue weighted by molar-refractivity contribution is 7.15. The van der Waals surface area contributed by atoms with Gasteiger partial charge in [-0.05, 0) is 25.0 Å². The van der Waals surface area contributed by atoms with Gasteiger partial charge in [0.05, 0.1) is 10.6 Å². The first-order valence-electron chi connectivity index (χ1n) is 5.46. The van der Waals surface area contributed by atoms with Gasteiger partial charge < -0.3 is 5.73 Å². The van der Waals surface area contributed by atoms with Crippen LogP contribution < -0.4 is 5.73 Å². The van der Waals surface area contributed by atoms with Gasteiger partial charge in [0.2, 0.25) is 0 Å². The van der Waals surface area contributed by atoms with Crippen LogP contribution >= 0.6 is 11.3 Å². The summed E-state index contributed by atoms with van der Waals surface area (Å²) in [7, 11) is 0. The van der Waals surface area contributed by atoms with E-state index in [2.05, 4.69) is 38.0 Å². The Bertz CT molecular complexity index is 482. The van der Waals surface area contributed by atoms with Gasteiger partial charge in [0.1, 0.15) is 5.69 Å². The fourth-order valence-electron chi connectivity index (χ4n) is 1.66. The van der Waals surface area contributed by atoms with Gasteiger partial charge in [-0.1, -0.05) is 13.8 Å². The van der Waals surface area contributed by atoms with Gasteiger partial charge in [-0.15, -0.1) is 11.3 Å². The minimum absolute atomic E-state index is 0.581. The van der Waals surface area contributed by atoms with Crippen LogP contribution in [0.5, 0.6) is 0 Å². The molecular weight excluding hydrogens is 218 g/mol. The van der Waals surface area contributed by atoms with E-state index in [4.69, 9.17) is 5.73 Å². The number of rotatable bonds is 3. The minimum atomic E-state index is 0.581. The zero-order chi connectivity index (χ0) is 11.7. The Morgan fingerprint density at radius 1 is 1.44 bits per heavy atom. The number of thiophene rings is 1. The van der Waals surface area contributed by atoms with E-state index in [1.807, 2.05) is 10.9 Å². The lowest BCUT2D eigenvalue weighted by atomic mass is 10.2. The molecule has 2 heterocycles. The molecule has 0 fully saturated rings. The molecule has 0 amide bonds. The molecule has 0 aromatic carbocycles. The summed E-state index contributed by atoms with van der Waals surface area (Å²) in [5.41, 5.74) is 7.66. The number of hydrogen-bond donors (Lipinski definition) is 1. The monoisotopic (exact) mass is 235 g/mol. The smallest absolute Gasteiger partial charge is 0.125 e. The van der Waals surface area contributed by atoms with Gasteiger partial charge in [-0.2, -0.15) is 5.10 Å². The topological polar surface area (TPSA) is 43.8 Å². The third kappa shape index (κ3) is 2.27. The first-order chi connectivity index (χ1) is 7.56. The van der Waals surface area contributed by atoms with Crippen molar-refractivity contribution >= 4 is 17.0 Å². The molecule has 0 spiro atoms. The number of aryl methyl sites for hydroxylation is 1. The van der Waals surface area contributed by atoms with E-state index in [0.29, 0.717) is 5.92 Å². The molecule has 2 rings (SSSR count). The molecular formula is C12H17N3S. The Kier molecular flexibility index (Phi) is 3.01. The lowest BCUT2D eigenvalue weighted by Crippen LogP contribution is -2.04. The van der Waals surface area contributed by atoms with Crippen molar-refractivity contribution in [1.82, 2.24) is 9.78 Å². The molecule has 2 aromatic heterocycles. The number of anilines is 1. The molecule has 0 saturated heterocycles. The van der Waals surface area contributed by atoms with Crippen LogP contribution in [-0.2, 0) is 6.54 Å². The maximum absolute atomic E-state index is 5.98. The van der Waals surface area contributed by atoms with Crippen LogP contribution in [0.4, 0.5) is 5.69 Å². The van der Waals surface area contributed by atoms with Crippen molar-refractivity contribution in [2.24, 2.45) is 5.92 Å². The van der Waals surface area contributed by atoms with Crippen molar-refractivity contribution in [2.75, 3.05) is 5.73 Å². The standard InChI is InChI=1S/C12H17N3S/c1-8(2)6-15-7-10(13)12(14-15)11-5-4-9(3)16-11/h4-5,7-8H,6,13H2,1-3H3. The van der Waals surface area contributed by atoms with Crippen LogP contribution in [0.3, 0.4) is 0 Å². The first-order valence-corrected chi connectivity index (χ1v) is 6.27. The van der Waals surface area contributed by atoms with Crippen molar-refractivity contribution in [2.45, 2.75) is 27.3 Å². The van der Waals surface area contributed by atoms with Gasteiger partial charge in [0, 0.05) is 17.6 Å². The summed E-state index contributed by atoms with van der Waals surface area (Å²) < 4.78 is 1.93. The Hall–Kier alpha value is -1.29. The summed E-state index contributed by atoms with van der Waals surface area (Å²) in [6.45, 7) is 7.35. The molecule has 0 bridgehead atoms. The fourth-order valence-corrected chi connectivity index (χ4v) is 2.53. The van der Waals surface area contributed by atoms with Gasteiger partial charge in [-0.3, -0.25) is 4.68 Å². The molecule has 2 aromatic rings. The third-order valence-corrected chi connectivity index (χ3v) is 3.32. The average molecular weight is 235 g/mol. The predicted octanol–water partition coefficient (Wildman–Crippen LogP) is 3.16. The Morgan fingerprint density at radius 2 is 2.19 bits per heavy atom. The quantitative estimate of drug-likeness (QED) is 0.888. The SMILES string of the molecule is Cc1ccc(-c2nn(CC(C)C)cc2N)s1. The molecule has 16 heavy (non-hydrogen) atoms. The number of nitrogen functional groups attached to an aromatic ring is 1. The first kappa shape index (κ1) is 11.2. The van der Waals surface area contributed by atoms with Crippen LogP contribution in [0.2, 0.25) is 0 Å². The van der Waals surface area contributed by atoms with Gasteiger partial charge in [-0.25, -0.2) is 0 Å². The maximum atomic E-state index is 5.98. The highest BCUT2D eigenvalue weighted by Gasteiger charge is 2.10. The van der Waals surface area contributed by atoms with Crippen LogP contribution in [-0.4, -0.2) is 9.78 Å². The van der Waals surface area contributed by atoms with E-state index < -0.39 is 0 Å². The van der Waals surface area contributed by atoms with Crippen molar-refractivity contribution in [3.63, 3.8) is 0 Å². The second kappa shape index (κ2) is 4.29. The highest BCUT2D eigenvalue weighted by atomic mass is 32.1. The largest absolute Gasteiger partial charge is 0.396 e. The van der Waals surface area contributed by atoms with E-state index >= 15 is 0 Å². The van der Waals surface area contributed by atoms with Crippen molar-refractivity contribution in [1.29, 1.82) is 0 Å². The summed E-state index contributed by atoms with van der Waals surface area (Å²) in [6.07, 6.45) is 1.92. The predicted molar refractivity (Wildman–Crippen MR) is 69.5 cm³/mol. The van der Waals surface area contributed by atoms with Crippen molar-refractivity contribution in [3.8, 4) is 10.6 Å². The third-order valence-electron chi connectivity index (χ3n) is 2.32. The second-order valence-electron chi connectivity index (χ2n) is 4.46.